The number of nitrogens with zero attached hydrogens (tertiary/aromatic N) is 7. The van der Waals surface area contributed by atoms with E-state index in [1.165, 1.54) is 5.69 Å². The number of benzene rings is 1. The molecule has 10 heteroatoms. The van der Waals surface area contributed by atoms with E-state index in [9.17, 15) is 9.90 Å². The molecule has 1 saturated heterocycles. The molecule has 7 rings (SSSR count). The molecule has 1 atom stereocenters. The second-order valence-electron chi connectivity index (χ2n) is 11.3. The summed E-state index contributed by atoms with van der Waals surface area (Å²) in [5.74, 6) is 1.20. The molecule has 1 saturated carbocycles. The summed E-state index contributed by atoms with van der Waals surface area (Å²) in [6.45, 7) is 8.27. The minimum absolute atomic E-state index is 0.210. The van der Waals surface area contributed by atoms with E-state index in [1.807, 2.05) is 24.3 Å². The Morgan fingerprint density at radius 3 is 2.60 bits per heavy atom. The first-order chi connectivity index (χ1) is 19.4. The molecule has 4 aromatic rings. The van der Waals surface area contributed by atoms with Gasteiger partial charge >= 0.3 is 0 Å². The standard InChI is InChI=1S/C30H34N8O2/c1-3-14-37-28(39)24-19-31-29(32-22-7-9-23(10-8-22)36-17-15-35(2)16-18-36)34-27(24)38(37)25-11-4-20-12-13-30(40,21-5-6-21)26(20)33-25/h3-4,7-11,19,21,40H,1,5-6,12-18H2,2H3,(H,31,32,34)/t30-/m1/s1. The van der Waals surface area contributed by atoms with Gasteiger partial charge in [0.15, 0.2) is 11.5 Å². The molecule has 2 fully saturated rings. The number of allylic oxidation sites excluding steroid dienone is 1. The molecule has 3 aliphatic rings. The smallest absolute Gasteiger partial charge is 0.278 e. The number of piperazine rings is 1. The molecule has 2 aliphatic carbocycles. The molecule has 3 aromatic heterocycles. The van der Waals surface area contributed by atoms with Gasteiger partial charge in [-0.15, -0.1) is 6.58 Å². The highest BCUT2D eigenvalue weighted by molar-refractivity contribution is 5.77. The maximum absolute atomic E-state index is 13.4. The molecular weight excluding hydrogens is 504 g/mol. The maximum Gasteiger partial charge on any atom is 0.278 e. The van der Waals surface area contributed by atoms with Gasteiger partial charge in [0.25, 0.3) is 5.56 Å². The summed E-state index contributed by atoms with van der Waals surface area (Å²) in [6, 6.07) is 12.2. The number of aliphatic hydroxyl groups is 1. The van der Waals surface area contributed by atoms with Crippen molar-refractivity contribution in [1.29, 1.82) is 0 Å². The quantitative estimate of drug-likeness (QED) is 0.346. The summed E-state index contributed by atoms with van der Waals surface area (Å²) in [4.78, 5) is 32.3. The van der Waals surface area contributed by atoms with Crippen molar-refractivity contribution in [3.8, 4) is 5.82 Å². The lowest BCUT2D eigenvalue weighted by molar-refractivity contribution is 0.0111. The number of aryl methyl sites for hydroxylation is 1. The maximum atomic E-state index is 13.4. The van der Waals surface area contributed by atoms with Crippen LogP contribution in [0, 0.1) is 5.92 Å². The highest BCUT2D eigenvalue weighted by Gasteiger charge is 2.50. The highest BCUT2D eigenvalue weighted by atomic mass is 16.3. The van der Waals surface area contributed by atoms with Crippen LogP contribution in [0.5, 0.6) is 0 Å². The number of aromatic nitrogens is 5. The predicted octanol–water partition coefficient (Wildman–Crippen LogP) is 3.20. The average molecular weight is 539 g/mol. The second-order valence-corrected chi connectivity index (χ2v) is 11.3. The van der Waals surface area contributed by atoms with E-state index in [2.05, 4.69) is 45.9 Å². The van der Waals surface area contributed by atoms with Gasteiger partial charge in [-0.1, -0.05) is 12.1 Å². The molecular formula is C30H34N8O2. The van der Waals surface area contributed by atoms with Gasteiger partial charge in [0, 0.05) is 43.8 Å². The molecule has 2 N–H and O–H groups in total. The van der Waals surface area contributed by atoms with E-state index in [1.54, 1.807) is 21.6 Å². The van der Waals surface area contributed by atoms with Crippen LogP contribution in [0.3, 0.4) is 0 Å². The predicted molar refractivity (Wildman–Crippen MR) is 155 cm³/mol. The van der Waals surface area contributed by atoms with E-state index < -0.39 is 5.60 Å². The van der Waals surface area contributed by atoms with Gasteiger partial charge in [-0.25, -0.2) is 19.3 Å². The van der Waals surface area contributed by atoms with Crippen molar-refractivity contribution in [3.05, 3.63) is 76.9 Å². The number of nitrogens with one attached hydrogen (secondary N) is 1. The van der Waals surface area contributed by atoms with E-state index in [-0.39, 0.29) is 18.0 Å². The number of hydrogen-bond acceptors (Lipinski definition) is 8. The van der Waals surface area contributed by atoms with Crippen LogP contribution in [0.2, 0.25) is 0 Å². The molecule has 206 valence electrons. The molecule has 0 bridgehead atoms. The number of hydrogen-bond donors (Lipinski definition) is 2. The van der Waals surface area contributed by atoms with Crippen LogP contribution in [0.1, 0.15) is 30.5 Å². The minimum Gasteiger partial charge on any atom is -0.383 e. The Labute approximate surface area is 232 Å². The third kappa shape index (κ3) is 4.18. The largest absolute Gasteiger partial charge is 0.383 e. The van der Waals surface area contributed by atoms with Crippen LogP contribution >= 0.6 is 0 Å². The van der Waals surface area contributed by atoms with Crippen LogP contribution < -0.4 is 15.8 Å². The molecule has 0 amide bonds. The monoisotopic (exact) mass is 538 g/mol. The van der Waals surface area contributed by atoms with Gasteiger partial charge in [-0.05, 0) is 74.5 Å². The third-order valence-corrected chi connectivity index (χ3v) is 8.59. The Morgan fingerprint density at radius 1 is 1.10 bits per heavy atom. The first kappa shape index (κ1) is 25.0. The fraction of sp³-hybridized carbons (Fsp3) is 0.400. The lowest BCUT2D eigenvalue weighted by Gasteiger charge is -2.34. The molecule has 1 aliphatic heterocycles. The second kappa shape index (κ2) is 9.57. The van der Waals surface area contributed by atoms with Crippen LogP contribution in [-0.2, 0) is 18.6 Å². The molecule has 0 spiro atoms. The summed E-state index contributed by atoms with van der Waals surface area (Å²) in [6.07, 6.45) is 6.79. The molecule has 1 aromatic carbocycles. The van der Waals surface area contributed by atoms with Crippen molar-refractivity contribution in [2.24, 2.45) is 5.92 Å². The fourth-order valence-electron chi connectivity index (χ4n) is 6.13. The van der Waals surface area contributed by atoms with Crippen molar-refractivity contribution in [2.75, 3.05) is 43.4 Å². The van der Waals surface area contributed by atoms with E-state index in [0.29, 0.717) is 29.2 Å². The Balaban J connectivity index is 1.24. The molecule has 10 nitrogen and oxygen atoms in total. The first-order valence-electron chi connectivity index (χ1n) is 14.1. The van der Waals surface area contributed by atoms with Crippen LogP contribution in [0.25, 0.3) is 16.9 Å². The average Bonchev–Trinajstić information content (AvgIpc) is 3.73. The van der Waals surface area contributed by atoms with Crippen molar-refractivity contribution in [2.45, 2.75) is 37.8 Å². The van der Waals surface area contributed by atoms with Crippen LogP contribution in [-0.4, -0.2) is 67.5 Å². The SMILES string of the molecule is C=CCn1c(=O)c2cnc(Nc3ccc(N4CCN(C)CC4)cc3)nc2n1-c1ccc2c(n1)[C@](O)(C1CC1)CC2. The number of anilines is 3. The van der Waals surface area contributed by atoms with Crippen LogP contribution in [0.15, 0.2) is 60.0 Å². The van der Waals surface area contributed by atoms with E-state index in [4.69, 9.17) is 9.97 Å². The van der Waals surface area contributed by atoms with Gasteiger partial charge < -0.3 is 20.2 Å². The molecule has 0 radical (unpaired) electrons. The normalized spacial score (nSPS) is 21.1. The minimum atomic E-state index is -0.893. The number of rotatable bonds is 7. The Kier molecular flexibility index (Phi) is 5.97. The number of fused-ring (bicyclic) bond motifs is 2. The Hall–Kier alpha value is -4.02. The van der Waals surface area contributed by atoms with Crippen LogP contribution in [0.4, 0.5) is 17.3 Å². The molecule has 0 unspecified atom stereocenters. The highest BCUT2D eigenvalue weighted by Crippen LogP contribution is 2.51. The summed E-state index contributed by atoms with van der Waals surface area (Å²) in [5, 5.41) is 15.2. The fourth-order valence-corrected chi connectivity index (χ4v) is 6.13. The zero-order chi connectivity index (χ0) is 27.4. The Morgan fingerprint density at radius 2 is 1.88 bits per heavy atom. The van der Waals surface area contributed by atoms with Crippen molar-refractivity contribution in [3.63, 3.8) is 0 Å². The van der Waals surface area contributed by atoms with Gasteiger partial charge in [-0.3, -0.25) is 4.79 Å². The zero-order valence-electron chi connectivity index (χ0n) is 22.8. The number of pyridine rings is 1. The topological polar surface area (TPSA) is 104 Å². The van der Waals surface area contributed by atoms with E-state index >= 15 is 0 Å². The van der Waals surface area contributed by atoms with Gasteiger partial charge in [0.2, 0.25) is 5.95 Å². The summed E-state index contributed by atoms with van der Waals surface area (Å²) in [5.41, 5.74) is 3.22. The lowest BCUT2D eigenvalue weighted by Crippen LogP contribution is -2.44. The summed E-state index contributed by atoms with van der Waals surface area (Å²) >= 11 is 0. The van der Waals surface area contributed by atoms with E-state index in [0.717, 1.165) is 62.4 Å². The summed E-state index contributed by atoms with van der Waals surface area (Å²) < 4.78 is 3.30. The van der Waals surface area contributed by atoms with Crippen molar-refractivity contribution in [1.82, 2.24) is 29.2 Å². The first-order valence-corrected chi connectivity index (χ1v) is 14.1. The van der Waals surface area contributed by atoms with Gasteiger partial charge in [0.1, 0.15) is 11.0 Å². The van der Waals surface area contributed by atoms with Gasteiger partial charge in [0.05, 0.1) is 12.2 Å². The van der Waals surface area contributed by atoms with Crippen molar-refractivity contribution >= 4 is 28.4 Å². The zero-order valence-corrected chi connectivity index (χ0v) is 22.8. The molecule has 40 heavy (non-hydrogen) atoms. The lowest BCUT2D eigenvalue weighted by atomic mass is 9.95. The third-order valence-electron chi connectivity index (χ3n) is 8.59. The molecule has 4 heterocycles. The number of likely N-dealkylation sites (N-methyl/N-ethyl adjacent to an activating group) is 1. The van der Waals surface area contributed by atoms with Crippen molar-refractivity contribution < 1.29 is 5.11 Å². The van der Waals surface area contributed by atoms with Gasteiger partial charge in [-0.2, -0.15) is 4.98 Å². The summed E-state index contributed by atoms with van der Waals surface area (Å²) in [7, 11) is 2.15. The Bertz CT molecular complexity index is 1650.